The van der Waals surface area contributed by atoms with Gasteiger partial charge in [-0.25, -0.2) is 18.0 Å². The molecule has 4 aliphatic heterocycles. The highest BCUT2D eigenvalue weighted by Gasteiger charge is 2.65. The summed E-state index contributed by atoms with van der Waals surface area (Å²) in [6, 6.07) is 22.0. The zero-order valence-corrected chi connectivity index (χ0v) is 41.2. The molecule has 4 unspecified atom stereocenters. The van der Waals surface area contributed by atoms with Crippen molar-refractivity contribution >= 4 is 102 Å². The molecule has 71 heavy (non-hydrogen) atoms. The number of oxazole rings is 1. The summed E-state index contributed by atoms with van der Waals surface area (Å²) in [7, 11) is -3.85. The standard InChI is InChI=1S/C51H49ClN6O11S2/c1-50(2)33-22-51(3,23-35(33)53-29-7-4-6-28(21-29)44-42(52)43(68-24-40(60)61)45(70-44)48(64)65)58(50)71(66,67)25-26-10-14-38-34(20-26)54-49(69-38)56-18-16-27(17-19-56)30-11-12-36-41-31(30)8-5-9-32(41)47(63)57(36)37-13-15-39(59)55-46(37)62/h4-12,14,20-21,27,33,35,37,53H,13,15-19,22-25H2,1-3H3,(H,60,61)(H,64,65)(H,55,59,62). The van der Waals surface area contributed by atoms with Gasteiger partial charge in [0.1, 0.15) is 16.6 Å². The highest BCUT2D eigenvalue weighted by atomic mass is 35.5. The zero-order valence-electron chi connectivity index (χ0n) is 38.9. The largest absolute Gasteiger partial charge is 0.479 e. The average Bonchev–Trinajstić information content (AvgIpc) is 4.10. The number of carboxylic acid groups (broad SMARTS) is 2. The summed E-state index contributed by atoms with van der Waals surface area (Å²) in [6.45, 7) is 6.53. The molecule has 20 heteroatoms. The first-order valence-electron chi connectivity index (χ1n) is 23.5. The first kappa shape index (κ1) is 46.8. The fourth-order valence-electron chi connectivity index (χ4n) is 12.3. The number of imide groups is 1. The fraction of sp³-hybridized carbons (Fsp3) is 0.373. The Morgan fingerprint density at radius 3 is 2.49 bits per heavy atom. The molecule has 3 amide bonds. The molecule has 1 aliphatic carbocycles. The van der Waals surface area contributed by atoms with Crippen molar-refractivity contribution in [3.63, 3.8) is 0 Å². The number of aromatic carboxylic acids is 1. The third-order valence-electron chi connectivity index (χ3n) is 15.1. The number of fused-ring (bicyclic) bond motifs is 3. The summed E-state index contributed by atoms with van der Waals surface area (Å²) in [5.41, 5.74) is 4.04. The number of anilines is 3. The number of aromatic nitrogens is 1. The number of carboxylic acids is 2. The monoisotopic (exact) mass is 1020 g/mol. The molecule has 17 nitrogen and oxygen atoms in total. The van der Waals surface area contributed by atoms with Crippen LogP contribution >= 0.6 is 22.9 Å². The highest BCUT2D eigenvalue weighted by Crippen LogP contribution is 2.58. The van der Waals surface area contributed by atoms with Crippen LogP contribution < -0.4 is 25.2 Å². The van der Waals surface area contributed by atoms with Gasteiger partial charge in [-0.2, -0.15) is 9.29 Å². The lowest BCUT2D eigenvalue weighted by atomic mass is 9.84. The van der Waals surface area contributed by atoms with Gasteiger partial charge in [0, 0.05) is 53.3 Å². The number of nitrogens with zero attached hydrogens (tertiary/aromatic N) is 4. The number of piperidine rings is 3. The molecule has 368 valence electrons. The Morgan fingerprint density at radius 1 is 0.986 bits per heavy atom. The molecule has 6 aromatic rings. The SMILES string of the molecule is CC12CC(Nc3cccc(-c4sc(C(=O)O)c(OCC(=O)O)c4Cl)c3)C(C1)C(C)(C)N2S(=O)(=O)Cc1ccc2oc(N3CCC(c4ccc5c6c(cccc46)C(=O)N5C4CCC(=O)NC4=O)CC3)nc2c1. The van der Waals surface area contributed by atoms with Gasteiger partial charge in [0.05, 0.1) is 16.3 Å². The second-order valence-corrected chi connectivity index (χ2v) is 23.2. The Kier molecular flexibility index (Phi) is 11.3. The van der Waals surface area contributed by atoms with E-state index in [0.29, 0.717) is 70.3 Å². The van der Waals surface area contributed by atoms with Crippen LogP contribution in [0.1, 0.15) is 96.4 Å². The summed E-state index contributed by atoms with van der Waals surface area (Å²) in [6.07, 6.45) is 3.24. The van der Waals surface area contributed by atoms with Crippen molar-refractivity contribution in [2.24, 2.45) is 5.92 Å². The summed E-state index contributed by atoms with van der Waals surface area (Å²) < 4.78 is 42.4. The third-order valence-corrected chi connectivity index (χ3v) is 18.9. The summed E-state index contributed by atoms with van der Waals surface area (Å²) in [5, 5.41) is 26.7. The number of amides is 3. The van der Waals surface area contributed by atoms with Crippen LogP contribution in [-0.2, 0) is 30.2 Å². The van der Waals surface area contributed by atoms with Gasteiger partial charge in [0.2, 0.25) is 21.8 Å². The molecule has 3 saturated heterocycles. The van der Waals surface area contributed by atoms with Crippen molar-refractivity contribution in [1.29, 1.82) is 0 Å². The second kappa shape index (κ2) is 17.1. The van der Waals surface area contributed by atoms with E-state index in [0.717, 1.165) is 46.2 Å². The van der Waals surface area contributed by atoms with Crippen molar-refractivity contribution in [2.45, 2.75) is 94.1 Å². The molecule has 0 spiro atoms. The predicted octanol–water partition coefficient (Wildman–Crippen LogP) is 8.25. The first-order chi connectivity index (χ1) is 33.8. The lowest BCUT2D eigenvalue weighted by molar-refractivity contribution is -0.139. The molecule has 0 radical (unpaired) electrons. The molecule has 2 bridgehead atoms. The van der Waals surface area contributed by atoms with Gasteiger partial charge in [-0.05, 0) is 123 Å². The minimum Gasteiger partial charge on any atom is -0.479 e. The number of aliphatic carboxylic acids is 1. The predicted molar refractivity (Wildman–Crippen MR) is 267 cm³/mol. The number of nitrogens with one attached hydrogen (secondary N) is 2. The normalized spacial score (nSPS) is 23.3. The number of sulfonamides is 1. The van der Waals surface area contributed by atoms with Crippen LogP contribution in [-0.4, -0.2) is 100 Å². The summed E-state index contributed by atoms with van der Waals surface area (Å²) in [5.74, 6) is -3.85. The van der Waals surface area contributed by atoms with E-state index in [4.69, 9.17) is 30.8 Å². The minimum atomic E-state index is -3.85. The fourth-order valence-corrected chi connectivity index (χ4v) is 16.1. The van der Waals surface area contributed by atoms with E-state index < -0.39 is 51.6 Å². The van der Waals surface area contributed by atoms with Crippen LogP contribution in [0.4, 0.5) is 17.4 Å². The Bertz CT molecular complexity index is 3380. The van der Waals surface area contributed by atoms with E-state index in [9.17, 15) is 37.5 Å². The lowest BCUT2D eigenvalue weighted by Gasteiger charge is -2.48. The molecule has 6 heterocycles. The van der Waals surface area contributed by atoms with Crippen molar-refractivity contribution in [3.05, 3.63) is 99.4 Å². The van der Waals surface area contributed by atoms with Gasteiger partial charge >= 0.3 is 11.9 Å². The maximum absolute atomic E-state index is 14.6. The number of hydrogen-bond donors (Lipinski definition) is 4. The lowest BCUT2D eigenvalue weighted by Crippen LogP contribution is -2.60. The maximum Gasteiger partial charge on any atom is 0.349 e. The summed E-state index contributed by atoms with van der Waals surface area (Å²) >= 11 is 7.48. The Morgan fingerprint density at radius 2 is 1.76 bits per heavy atom. The van der Waals surface area contributed by atoms with Crippen LogP contribution in [0, 0.1) is 5.92 Å². The average molecular weight is 1020 g/mol. The number of carbonyl (C=O) groups excluding carboxylic acids is 3. The number of benzene rings is 4. The smallest absolute Gasteiger partial charge is 0.349 e. The van der Waals surface area contributed by atoms with Gasteiger partial charge in [0.25, 0.3) is 11.9 Å². The zero-order chi connectivity index (χ0) is 49.9. The van der Waals surface area contributed by atoms with E-state index in [1.54, 1.807) is 39.5 Å². The first-order valence-corrected chi connectivity index (χ1v) is 26.3. The topological polar surface area (TPSA) is 229 Å². The van der Waals surface area contributed by atoms with Crippen LogP contribution in [0.15, 0.2) is 77.2 Å². The van der Waals surface area contributed by atoms with Gasteiger partial charge in [-0.15, -0.1) is 11.3 Å². The van der Waals surface area contributed by atoms with E-state index >= 15 is 0 Å². The second-order valence-electron chi connectivity index (χ2n) is 20.0. The number of ether oxygens (including phenoxy) is 1. The molecule has 4 atom stereocenters. The maximum atomic E-state index is 14.6. The molecule has 4 fully saturated rings. The van der Waals surface area contributed by atoms with E-state index in [-0.39, 0.29) is 63.9 Å². The van der Waals surface area contributed by atoms with E-state index in [1.165, 1.54) is 0 Å². The number of thiophene rings is 1. The third kappa shape index (κ3) is 7.88. The Hall–Kier alpha value is -6.54. The van der Waals surface area contributed by atoms with Crippen molar-refractivity contribution in [2.75, 3.05) is 34.8 Å². The molecule has 11 rings (SSSR count). The minimum absolute atomic E-state index is 0.0105. The van der Waals surface area contributed by atoms with Crippen LogP contribution in [0.2, 0.25) is 5.02 Å². The Balaban J connectivity index is 0.755. The number of rotatable bonds is 13. The van der Waals surface area contributed by atoms with Crippen molar-refractivity contribution in [1.82, 2.24) is 14.6 Å². The molecule has 5 aliphatic rings. The quantitative estimate of drug-likeness (QED) is 0.0799. The highest BCUT2D eigenvalue weighted by molar-refractivity contribution is 7.88. The number of halogens is 1. The van der Waals surface area contributed by atoms with Crippen molar-refractivity contribution in [3.8, 4) is 16.2 Å². The molecule has 4 aromatic carbocycles. The van der Waals surface area contributed by atoms with Gasteiger partial charge in [0.15, 0.2) is 22.8 Å². The summed E-state index contributed by atoms with van der Waals surface area (Å²) in [4.78, 5) is 70.3. The molecule has 2 aromatic heterocycles. The van der Waals surface area contributed by atoms with Gasteiger partial charge in [-0.1, -0.05) is 48.0 Å². The number of carbonyl (C=O) groups is 5. The van der Waals surface area contributed by atoms with Crippen LogP contribution in [0.3, 0.4) is 0 Å². The Labute approximate surface area is 416 Å². The van der Waals surface area contributed by atoms with E-state index in [2.05, 4.69) is 21.6 Å². The van der Waals surface area contributed by atoms with Gasteiger partial charge in [-0.3, -0.25) is 24.6 Å². The molecular formula is C51H49ClN6O11S2. The van der Waals surface area contributed by atoms with Crippen molar-refractivity contribution < 1.29 is 51.8 Å². The van der Waals surface area contributed by atoms with Crippen LogP contribution in [0.5, 0.6) is 5.75 Å². The van der Waals surface area contributed by atoms with Gasteiger partial charge < -0.3 is 29.6 Å². The molecular weight excluding hydrogens is 972 g/mol. The number of hydrogen-bond acceptors (Lipinski definition) is 13. The molecule has 4 N–H and O–H groups in total. The van der Waals surface area contributed by atoms with E-state index in [1.807, 2.05) is 57.2 Å². The molecule has 1 saturated carbocycles. The van der Waals surface area contributed by atoms with Crippen LogP contribution in [0.25, 0.3) is 32.3 Å².